The molecule has 0 saturated heterocycles. The highest BCUT2D eigenvalue weighted by Gasteiger charge is 2.25. The fourth-order valence-corrected chi connectivity index (χ4v) is 2.44. The van der Waals surface area contributed by atoms with Crippen LogP contribution < -0.4 is 5.32 Å². The molecule has 0 unspecified atom stereocenters. The molecule has 0 aliphatic heterocycles. The summed E-state index contributed by atoms with van der Waals surface area (Å²) in [5, 5.41) is 3.28. The zero-order valence-electron chi connectivity index (χ0n) is 8.72. The second-order valence-electron chi connectivity index (χ2n) is 4.28. The summed E-state index contributed by atoms with van der Waals surface area (Å²) in [4.78, 5) is 0. The standard InChI is InChI=1S/C11H21N/c1-8-5-9(2)11(7-12-4)10(3)6-8/h5,9-12H,6-7H2,1-4H3/t9-,10-,11+/m1/s1. The maximum absolute atomic E-state index is 3.28. The summed E-state index contributed by atoms with van der Waals surface area (Å²) in [6.45, 7) is 8.12. The van der Waals surface area contributed by atoms with Gasteiger partial charge in [0.05, 0.1) is 0 Å². The van der Waals surface area contributed by atoms with Gasteiger partial charge in [0.15, 0.2) is 0 Å². The third-order valence-electron chi connectivity index (χ3n) is 3.04. The second-order valence-corrected chi connectivity index (χ2v) is 4.28. The average Bonchev–Trinajstić information content (AvgIpc) is 1.96. The lowest BCUT2D eigenvalue weighted by molar-refractivity contribution is 0.267. The Kier molecular flexibility index (Phi) is 3.33. The van der Waals surface area contributed by atoms with E-state index in [1.165, 1.54) is 6.42 Å². The van der Waals surface area contributed by atoms with Gasteiger partial charge in [0.2, 0.25) is 0 Å². The molecule has 3 atom stereocenters. The van der Waals surface area contributed by atoms with Crippen LogP contribution in [-0.4, -0.2) is 13.6 Å². The molecule has 0 heterocycles. The first kappa shape index (κ1) is 9.79. The zero-order valence-corrected chi connectivity index (χ0v) is 8.72. The molecule has 1 N–H and O–H groups in total. The molecular formula is C11H21N. The highest BCUT2D eigenvalue weighted by Crippen LogP contribution is 2.32. The van der Waals surface area contributed by atoms with Gasteiger partial charge in [-0.3, -0.25) is 0 Å². The van der Waals surface area contributed by atoms with Crippen molar-refractivity contribution in [1.29, 1.82) is 0 Å². The molecule has 0 fully saturated rings. The number of nitrogens with one attached hydrogen (secondary N) is 1. The van der Waals surface area contributed by atoms with Gasteiger partial charge in [-0.25, -0.2) is 0 Å². The van der Waals surface area contributed by atoms with Crippen LogP contribution in [0.15, 0.2) is 11.6 Å². The van der Waals surface area contributed by atoms with Crippen LogP contribution in [0.3, 0.4) is 0 Å². The first-order valence-electron chi connectivity index (χ1n) is 4.97. The maximum atomic E-state index is 3.28. The third kappa shape index (κ3) is 2.10. The van der Waals surface area contributed by atoms with E-state index in [0.717, 1.165) is 24.3 Å². The van der Waals surface area contributed by atoms with E-state index in [0.29, 0.717) is 0 Å². The van der Waals surface area contributed by atoms with Crippen molar-refractivity contribution in [2.24, 2.45) is 17.8 Å². The van der Waals surface area contributed by atoms with E-state index in [1.807, 2.05) is 7.05 Å². The van der Waals surface area contributed by atoms with Crippen molar-refractivity contribution < 1.29 is 0 Å². The van der Waals surface area contributed by atoms with E-state index in [4.69, 9.17) is 0 Å². The Hall–Kier alpha value is -0.300. The van der Waals surface area contributed by atoms with E-state index >= 15 is 0 Å². The molecular weight excluding hydrogens is 146 g/mol. The van der Waals surface area contributed by atoms with Gasteiger partial charge in [-0.05, 0) is 44.7 Å². The molecule has 0 spiro atoms. The van der Waals surface area contributed by atoms with Crippen molar-refractivity contribution >= 4 is 0 Å². The highest BCUT2D eigenvalue weighted by atomic mass is 14.8. The molecule has 1 nitrogen and oxygen atoms in total. The number of allylic oxidation sites excluding steroid dienone is 2. The molecule has 0 amide bonds. The Labute approximate surface area is 76.2 Å². The third-order valence-corrected chi connectivity index (χ3v) is 3.04. The van der Waals surface area contributed by atoms with Crippen molar-refractivity contribution in [2.75, 3.05) is 13.6 Å². The molecule has 1 aliphatic carbocycles. The lowest BCUT2D eigenvalue weighted by Crippen LogP contribution is -2.31. The Bertz CT molecular complexity index is 172. The van der Waals surface area contributed by atoms with E-state index in [-0.39, 0.29) is 0 Å². The summed E-state index contributed by atoms with van der Waals surface area (Å²) in [7, 11) is 2.05. The zero-order chi connectivity index (χ0) is 9.14. The van der Waals surface area contributed by atoms with E-state index in [9.17, 15) is 0 Å². The monoisotopic (exact) mass is 167 g/mol. The molecule has 12 heavy (non-hydrogen) atoms. The van der Waals surface area contributed by atoms with Crippen LogP contribution in [0, 0.1) is 17.8 Å². The molecule has 0 aromatic rings. The van der Waals surface area contributed by atoms with Crippen LogP contribution in [0.1, 0.15) is 27.2 Å². The summed E-state index contributed by atoms with van der Waals surface area (Å²) in [6, 6.07) is 0. The molecule has 1 heteroatoms. The summed E-state index contributed by atoms with van der Waals surface area (Å²) in [6.07, 6.45) is 3.72. The Morgan fingerprint density at radius 2 is 2.17 bits per heavy atom. The average molecular weight is 167 g/mol. The van der Waals surface area contributed by atoms with Crippen molar-refractivity contribution in [3.05, 3.63) is 11.6 Å². The van der Waals surface area contributed by atoms with Crippen LogP contribution >= 0.6 is 0 Å². The fourth-order valence-electron chi connectivity index (χ4n) is 2.44. The SMILES string of the molecule is CNC[C@H]1[C@H](C)C=C(C)C[C@H]1C. The van der Waals surface area contributed by atoms with Gasteiger partial charge >= 0.3 is 0 Å². The molecule has 0 radical (unpaired) electrons. The molecule has 0 saturated carbocycles. The van der Waals surface area contributed by atoms with E-state index in [1.54, 1.807) is 5.57 Å². The molecule has 0 aromatic heterocycles. The Morgan fingerprint density at radius 1 is 1.50 bits per heavy atom. The van der Waals surface area contributed by atoms with Gasteiger partial charge in [-0.15, -0.1) is 0 Å². The Balaban J connectivity index is 2.62. The molecule has 1 aliphatic rings. The topological polar surface area (TPSA) is 12.0 Å². The second kappa shape index (κ2) is 4.08. The normalized spacial score (nSPS) is 36.3. The minimum Gasteiger partial charge on any atom is -0.319 e. The largest absolute Gasteiger partial charge is 0.319 e. The highest BCUT2D eigenvalue weighted by molar-refractivity contribution is 5.08. The lowest BCUT2D eigenvalue weighted by atomic mass is 9.75. The molecule has 0 aromatic carbocycles. The van der Waals surface area contributed by atoms with Crippen LogP contribution in [-0.2, 0) is 0 Å². The van der Waals surface area contributed by atoms with Crippen molar-refractivity contribution in [3.8, 4) is 0 Å². The van der Waals surface area contributed by atoms with Crippen LogP contribution in [0.5, 0.6) is 0 Å². The Morgan fingerprint density at radius 3 is 2.67 bits per heavy atom. The predicted octanol–water partition coefficient (Wildman–Crippen LogP) is 2.44. The van der Waals surface area contributed by atoms with Gasteiger partial charge in [-0.1, -0.05) is 25.5 Å². The van der Waals surface area contributed by atoms with Crippen LogP contribution in [0.2, 0.25) is 0 Å². The molecule has 0 bridgehead atoms. The van der Waals surface area contributed by atoms with Crippen molar-refractivity contribution in [2.45, 2.75) is 27.2 Å². The summed E-state index contributed by atoms with van der Waals surface area (Å²) < 4.78 is 0. The molecule has 1 rings (SSSR count). The van der Waals surface area contributed by atoms with Gasteiger partial charge < -0.3 is 5.32 Å². The number of rotatable bonds is 2. The quantitative estimate of drug-likeness (QED) is 0.623. The van der Waals surface area contributed by atoms with Gasteiger partial charge in [-0.2, -0.15) is 0 Å². The first-order valence-corrected chi connectivity index (χ1v) is 4.97. The minimum absolute atomic E-state index is 0.751. The van der Waals surface area contributed by atoms with Crippen LogP contribution in [0.4, 0.5) is 0 Å². The fraction of sp³-hybridized carbons (Fsp3) is 0.818. The summed E-state index contributed by atoms with van der Waals surface area (Å²) in [5.74, 6) is 2.43. The predicted molar refractivity (Wildman–Crippen MR) is 54.1 cm³/mol. The van der Waals surface area contributed by atoms with Crippen molar-refractivity contribution in [1.82, 2.24) is 5.32 Å². The number of hydrogen-bond donors (Lipinski definition) is 1. The maximum Gasteiger partial charge on any atom is -0.00153 e. The first-order chi connectivity index (χ1) is 5.65. The summed E-state index contributed by atoms with van der Waals surface area (Å²) in [5.41, 5.74) is 1.57. The molecule has 70 valence electrons. The van der Waals surface area contributed by atoms with Gasteiger partial charge in [0.1, 0.15) is 0 Å². The minimum atomic E-state index is 0.751. The van der Waals surface area contributed by atoms with Gasteiger partial charge in [0.25, 0.3) is 0 Å². The van der Waals surface area contributed by atoms with Crippen molar-refractivity contribution in [3.63, 3.8) is 0 Å². The number of hydrogen-bond acceptors (Lipinski definition) is 1. The van der Waals surface area contributed by atoms with E-state index in [2.05, 4.69) is 32.2 Å². The van der Waals surface area contributed by atoms with E-state index < -0.39 is 0 Å². The van der Waals surface area contributed by atoms with Gasteiger partial charge in [0, 0.05) is 0 Å². The lowest BCUT2D eigenvalue weighted by Gasteiger charge is -2.32. The summed E-state index contributed by atoms with van der Waals surface area (Å²) >= 11 is 0. The smallest absolute Gasteiger partial charge is 0.00153 e. The van der Waals surface area contributed by atoms with Crippen LogP contribution in [0.25, 0.3) is 0 Å².